The molecule has 0 spiro atoms. The molecule has 7 nitrogen and oxygen atoms in total. The fourth-order valence-corrected chi connectivity index (χ4v) is 3.22. The molecule has 0 aliphatic rings. The van der Waals surface area contributed by atoms with E-state index in [4.69, 9.17) is 11.6 Å². The van der Waals surface area contributed by atoms with Gasteiger partial charge < -0.3 is 10.1 Å². The number of anilines is 1. The lowest BCUT2D eigenvalue weighted by Crippen LogP contribution is -2.39. The van der Waals surface area contributed by atoms with E-state index >= 15 is 0 Å². The number of ether oxygens (including phenoxy) is 1. The minimum absolute atomic E-state index is 0.0654. The highest BCUT2D eigenvalue weighted by atomic mass is 35.5. The summed E-state index contributed by atoms with van der Waals surface area (Å²) in [5, 5.41) is 2.91. The van der Waals surface area contributed by atoms with E-state index in [1.165, 1.54) is 62.6 Å². The predicted octanol–water partition coefficient (Wildman–Crippen LogP) is 2.43. The lowest BCUT2D eigenvalue weighted by Gasteiger charge is -2.12. The van der Waals surface area contributed by atoms with Crippen LogP contribution in [0.1, 0.15) is 17.3 Å². The van der Waals surface area contributed by atoms with Gasteiger partial charge in [-0.3, -0.25) is 9.52 Å². The topological polar surface area (TPSA) is 102 Å². The van der Waals surface area contributed by atoms with Gasteiger partial charge in [0.15, 0.2) is 0 Å². The molecule has 2 rings (SSSR count). The number of carbonyl (C=O) groups excluding carboxylic acids is 2. The molecule has 2 aromatic carbocycles. The Labute approximate surface area is 156 Å². The zero-order valence-electron chi connectivity index (χ0n) is 14.0. The summed E-state index contributed by atoms with van der Waals surface area (Å²) in [6, 6.07) is 10.7. The Hall–Kier alpha value is -2.58. The van der Waals surface area contributed by atoms with Gasteiger partial charge in [0.2, 0.25) is 0 Å². The van der Waals surface area contributed by atoms with Gasteiger partial charge in [-0.2, -0.15) is 0 Å². The lowest BCUT2D eigenvalue weighted by atomic mass is 10.2. The van der Waals surface area contributed by atoms with Crippen molar-refractivity contribution >= 4 is 39.2 Å². The second-order valence-corrected chi connectivity index (χ2v) is 7.47. The van der Waals surface area contributed by atoms with Crippen LogP contribution in [0.3, 0.4) is 0 Å². The van der Waals surface area contributed by atoms with Crippen LogP contribution in [-0.4, -0.2) is 33.4 Å². The molecule has 0 saturated heterocycles. The molecule has 0 fully saturated rings. The highest BCUT2D eigenvalue weighted by molar-refractivity contribution is 7.92. The molecule has 0 aliphatic heterocycles. The van der Waals surface area contributed by atoms with E-state index in [1.54, 1.807) is 0 Å². The van der Waals surface area contributed by atoms with Crippen LogP contribution in [0, 0.1) is 0 Å². The number of benzene rings is 2. The first-order chi connectivity index (χ1) is 12.2. The first-order valence-electron chi connectivity index (χ1n) is 7.50. The van der Waals surface area contributed by atoms with Crippen molar-refractivity contribution in [2.24, 2.45) is 0 Å². The van der Waals surface area contributed by atoms with Crippen molar-refractivity contribution in [1.29, 1.82) is 0 Å². The van der Waals surface area contributed by atoms with E-state index < -0.39 is 27.9 Å². The number of carbonyl (C=O) groups is 2. The molecular weight excluding hydrogens is 380 g/mol. The molecule has 1 amide bonds. The minimum atomic E-state index is -3.77. The Kier molecular flexibility index (Phi) is 6.23. The van der Waals surface area contributed by atoms with Crippen molar-refractivity contribution in [3.63, 3.8) is 0 Å². The van der Waals surface area contributed by atoms with Crippen LogP contribution in [0.5, 0.6) is 0 Å². The molecule has 0 aromatic heterocycles. The van der Waals surface area contributed by atoms with Crippen molar-refractivity contribution in [1.82, 2.24) is 5.32 Å². The van der Waals surface area contributed by atoms with E-state index in [0.29, 0.717) is 5.02 Å². The van der Waals surface area contributed by atoms with E-state index in [9.17, 15) is 18.0 Å². The number of rotatable bonds is 6. The van der Waals surface area contributed by atoms with Crippen LogP contribution >= 0.6 is 11.6 Å². The van der Waals surface area contributed by atoms with Crippen molar-refractivity contribution in [3.05, 3.63) is 59.1 Å². The summed E-state index contributed by atoms with van der Waals surface area (Å²) < 4.78 is 31.5. The highest BCUT2D eigenvalue weighted by Gasteiger charge is 2.17. The normalized spacial score (nSPS) is 12.1. The van der Waals surface area contributed by atoms with Gasteiger partial charge in [-0.1, -0.05) is 11.6 Å². The molecule has 2 aromatic rings. The molecule has 0 heterocycles. The molecular formula is C17H17ClN2O5S. The van der Waals surface area contributed by atoms with Crippen LogP contribution in [-0.2, 0) is 19.6 Å². The van der Waals surface area contributed by atoms with Crippen molar-refractivity contribution in [2.45, 2.75) is 17.9 Å². The molecule has 9 heteroatoms. The standard InChI is InChI=1S/C17H17ClN2O5S/c1-11(17(22)25-2)19-16(21)12-3-7-14(8-4-12)20-26(23,24)15-9-5-13(18)6-10-15/h3-11,20H,1-2H3,(H,19,21)/t11-/m0/s1. The van der Waals surface area contributed by atoms with Crippen molar-refractivity contribution in [3.8, 4) is 0 Å². The molecule has 0 bridgehead atoms. The van der Waals surface area contributed by atoms with Gasteiger partial charge in [0.05, 0.1) is 12.0 Å². The molecule has 138 valence electrons. The fraction of sp³-hybridized carbons (Fsp3) is 0.176. The number of esters is 1. The summed E-state index contributed by atoms with van der Waals surface area (Å²) in [6.07, 6.45) is 0. The zero-order valence-corrected chi connectivity index (χ0v) is 15.6. The second kappa shape index (κ2) is 8.20. The van der Waals surface area contributed by atoms with Gasteiger partial charge in [-0.05, 0) is 55.5 Å². The van der Waals surface area contributed by atoms with Crippen LogP contribution in [0.4, 0.5) is 5.69 Å². The summed E-state index contributed by atoms with van der Waals surface area (Å²) in [6.45, 7) is 1.50. The Morgan fingerprint density at radius 2 is 1.62 bits per heavy atom. The number of amides is 1. The van der Waals surface area contributed by atoms with Gasteiger partial charge in [0.1, 0.15) is 6.04 Å². The average molecular weight is 397 g/mol. The first kappa shape index (κ1) is 19.7. The third-order valence-electron chi connectivity index (χ3n) is 3.43. The van der Waals surface area contributed by atoms with Crippen molar-refractivity contribution < 1.29 is 22.7 Å². The maximum atomic E-state index is 12.3. The number of hydrogen-bond donors (Lipinski definition) is 2. The number of sulfonamides is 1. The number of halogens is 1. The Bertz CT molecular complexity index is 896. The van der Waals surface area contributed by atoms with E-state index in [0.717, 1.165) is 0 Å². The Balaban J connectivity index is 2.08. The predicted molar refractivity (Wildman–Crippen MR) is 97.6 cm³/mol. The van der Waals surface area contributed by atoms with Crippen molar-refractivity contribution in [2.75, 3.05) is 11.8 Å². The van der Waals surface area contributed by atoms with Gasteiger partial charge in [-0.15, -0.1) is 0 Å². The Morgan fingerprint density at radius 3 is 2.15 bits per heavy atom. The van der Waals surface area contributed by atoms with E-state index in [1.807, 2.05) is 0 Å². The fourth-order valence-electron chi connectivity index (χ4n) is 2.03. The first-order valence-corrected chi connectivity index (χ1v) is 9.36. The molecule has 1 atom stereocenters. The van der Waals surface area contributed by atoms with Gasteiger partial charge >= 0.3 is 5.97 Å². The van der Waals surface area contributed by atoms with Gasteiger partial charge in [-0.25, -0.2) is 13.2 Å². The van der Waals surface area contributed by atoms with Crippen LogP contribution in [0.25, 0.3) is 0 Å². The van der Waals surface area contributed by atoms with Crippen LogP contribution < -0.4 is 10.0 Å². The van der Waals surface area contributed by atoms with E-state index in [-0.39, 0.29) is 16.1 Å². The summed E-state index contributed by atoms with van der Waals surface area (Å²) in [7, 11) is -2.54. The third-order valence-corrected chi connectivity index (χ3v) is 5.07. The molecule has 0 radical (unpaired) electrons. The largest absolute Gasteiger partial charge is 0.467 e. The number of methoxy groups -OCH3 is 1. The smallest absolute Gasteiger partial charge is 0.328 e. The summed E-state index contributed by atoms with van der Waals surface area (Å²) in [5.41, 5.74) is 0.563. The molecule has 26 heavy (non-hydrogen) atoms. The van der Waals surface area contributed by atoms with E-state index in [2.05, 4.69) is 14.8 Å². The highest BCUT2D eigenvalue weighted by Crippen LogP contribution is 2.18. The summed E-state index contributed by atoms with van der Waals surface area (Å²) in [5.74, 6) is -1.04. The van der Waals surface area contributed by atoms with Crippen LogP contribution in [0.15, 0.2) is 53.4 Å². The zero-order chi connectivity index (χ0) is 19.3. The minimum Gasteiger partial charge on any atom is -0.467 e. The molecule has 0 unspecified atom stereocenters. The number of nitrogens with one attached hydrogen (secondary N) is 2. The number of hydrogen-bond acceptors (Lipinski definition) is 5. The second-order valence-electron chi connectivity index (χ2n) is 5.36. The average Bonchev–Trinajstić information content (AvgIpc) is 2.61. The monoisotopic (exact) mass is 396 g/mol. The molecule has 0 aliphatic carbocycles. The SMILES string of the molecule is COC(=O)[C@H](C)NC(=O)c1ccc(NS(=O)(=O)c2ccc(Cl)cc2)cc1. The summed E-state index contributed by atoms with van der Waals surface area (Å²) >= 11 is 5.75. The lowest BCUT2D eigenvalue weighted by molar-refractivity contribution is -0.142. The molecule has 2 N–H and O–H groups in total. The Morgan fingerprint density at radius 1 is 1.04 bits per heavy atom. The van der Waals surface area contributed by atoms with Crippen LogP contribution in [0.2, 0.25) is 5.02 Å². The summed E-state index contributed by atoms with van der Waals surface area (Å²) in [4.78, 5) is 23.4. The molecule has 0 saturated carbocycles. The quantitative estimate of drug-likeness (QED) is 0.730. The van der Waals surface area contributed by atoms with Gasteiger partial charge in [0, 0.05) is 16.3 Å². The maximum Gasteiger partial charge on any atom is 0.328 e. The van der Waals surface area contributed by atoms with Gasteiger partial charge in [0.25, 0.3) is 15.9 Å². The maximum absolute atomic E-state index is 12.3. The third kappa shape index (κ3) is 4.96.